The van der Waals surface area contributed by atoms with E-state index in [9.17, 15) is 9.90 Å². The van der Waals surface area contributed by atoms with Crippen molar-refractivity contribution in [1.82, 2.24) is 14.5 Å². The predicted molar refractivity (Wildman–Crippen MR) is 75.1 cm³/mol. The molecule has 6 heteroatoms. The van der Waals surface area contributed by atoms with E-state index in [1.165, 1.54) is 12.3 Å². The van der Waals surface area contributed by atoms with Crippen LogP contribution >= 0.6 is 0 Å². The van der Waals surface area contributed by atoms with E-state index in [-0.39, 0.29) is 17.8 Å². The molecule has 3 aromatic rings. The lowest BCUT2D eigenvalue weighted by molar-refractivity contribution is 0.0696. The molecule has 0 aliphatic rings. The number of aromatic nitrogens is 3. The Morgan fingerprint density at radius 1 is 1.29 bits per heavy atom. The molecule has 102 valence electrons. The summed E-state index contributed by atoms with van der Waals surface area (Å²) >= 11 is 0. The Labute approximate surface area is 119 Å². The minimum atomic E-state index is -1.07. The minimum absolute atomic E-state index is 0.0693. The fraction of sp³-hybridized carbons (Fsp3) is 0.0667. The van der Waals surface area contributed by atoms with Crippen molar-refractivity contribution in [3.8, 4) is 11.9 Å². The van der Waals surface area contributed by atoms with Gasteiger partial charge in [0.25, 0.3) is 0 Å². The topological polar surface area (TPSA) is 91.8 Å². The number of fused-ring (bicyclic) bond motifs is 1. The van der Waals surface area contributed by atoms with Crippen LogP contribution in [0.4, 0.5) is 0 Å². The number of imidazole rings is 1. The number of carbonyl (C=O) groups is 1. The molecule has 6 nitrogen and oxygen atoms in total. The summed E-state index contributed by atoms with van der Waals surface area (Å²) in [6.45, 7) is 0. The second-order valence-electron chi connectivity index (χ2n) is 4.37. The molecule has 21 heavy (non-hydrogen) atoms. The van der Waals surface area contributed by atoms with Crippen molar-refractivity contribution in [3.05, 3.63) is 54.0 Å². The van der Waals surface area contributed by atoms with Gasteiger partial charge >= 0.3 is 5.97 Å². The highest BCUT2D eigenvalue weighted by molar-refractivity contribution is 5.92. The number of pyridine rings is 1. The highest BCUT2D eigenvalue weighted by Crippen LogP contribution is 2.22. The Morgan fingerprint density at radius 3 is 2.86 bits per heavy atom. The third kappa shape index (κ3) is 2.11. The lowest BCUT2D eigenvalue weighted by Crippen LogP contribution is -2.10. The molecule has 0 amide bonds. The number of aromatic carboxylic acids is 1. The van der Waals surface area contributed by atoms with Gasteiger partial charge in [-0.15, -0.1) is 0 Å². The van der Waals surface area contributed by atoms with Gasteiger partial charge in [-0.25, -0.2) is 14.8 Å². The molecular weight excluding hydrogens is 268 g/mol. The number of para-hydroxylation sites is 2. The summed E-state index contributed by atoms with van der Waals surface area (Å²) in [7, 11) is 0. The van der Waals surface area contributed by atoms with E-state index >= 15 is 0 Å². The van der Waals surface area contributed by atoms with E-state index in [0.717, 1.165) is 5.52 Å². The van der Waals surface area contributed by atoms with Gasteiger partial charge < -0.3 is 5.11 Å². The summed E-state index contributed by atoms with van der Waals surface area (Å²) in [5.74, 6) is -0.331. The van der Waals surface area contributed by atoms with Crippen LogP contribution in [0.3, 0.4) is 0 Å². The number of carboxylic acid groups (broad SMARTS) is 1. The zero-order valence-corrected chi connectivity index (χ0v) is 10.9. The summed E-state index contributed by atoms with van der Waals surface area (Å²) in [6.07, 6.45) is 1.59. The van der Waals surface area contributed by atoms with Gasteiger partial charge in [0.15, 0.2) is 5.82 Å². The first-order chi connectivity index (χ1) is 10.2. The van der Waals surface area contributed by atoms with Gasteiger partial charge in [-0.1, -0.05) is 12.1 Å². The van der Waals surface area contributed by atoms with Gasteiger partial charge in [0.1, 0.15) is 11.4 Å². The van der Waals surface area contributed by atoms with Gasteiger partial charge in [-0.2, -0.15) is 5.26 Å². The molecule has 3 rings (SSSR count). The van der Waals surface area contributed by atoms with Crippen LogP contribution in [0.15, 0.2) is 42.6 Å². The van der Waals surface area contributed by atoms with E-state index in [0.29, 0.717) is 11.3 Å². The Morgan fingerprint density at radius 2 is 2.10 bits per heavy atom. The van der Waals surface area contributed by atoms with Crippen molar-refractivity contribution in [1.29, 1.82) is 5.26 Å². The number of hydrogen-bond acceptors (Lipinski definition) is 4. The summed E-state index contributed by atoms with van der Waals surface area (Å²) in [5, 5.41) is 18.3. The van der Waals surface area contributed by atoms with E-state index in [2.05, 4.69) is 9.97 Å². The summed E-state index contributed by atoms with van der Waals surface area (Å²) in [6, 6.07) is 12.4. The van der Waals surface area contributed by atoms with Crippen LogP contribution < -0.4 is 0 Å². The largest absolute Gasteiger partial charge is 0.478 e. The van der Waals surface area contributed by atoms with E-state index in [4.69, 9.17) is 5.26 Å². The van der Waals surface area contributed by atoms with Gasteiger partial charge in [0.05, 0.1) is 23.5 Å². The van der Waals surface area contributed by atoms with Crippen LogP contribution in [0.25, 0.3) is 16.9 Å². The quantitative estimate of drug-likeness (QED) is 0.792. The highest BCUT2D eigenvalue weighted by Gasteiger charge is 2.18. The summed E-state index contributed by atoms with van der Waals surface area (Å²) in [4.78, 5) is 19.9. The van der Waals surface area contributed by atoms with Gasteiger partial charge in [0, 0.05) is 6.20 Å². The van der Waals surface area contributed by atoms with Crippen molar-refractivity contribution >= 4 is 17.0 Å². The molecule has 2 heterocycles. The lowest BCUT2D eigenvalue weighted by atomic mass is 10.2. The van der Waals surface area contributed by atoms with Crippen molar-refractivity contribution in [2.24, 2.45) is 0 Å². The zero-order chi connectivity index (χ0) is 14.8. The molecule has 0 aliphatic carbocycles. The van der Waals surface area contributed by atoms with Crippen molar-refractivity contribution in [2.75, 3.05) is 0 Å². The normalized spacial score (nSPS) is 10.4. The smallest absolute Gasteiger partial charge is 0.339 e. The van der Waals surface area contributed by atoms with Crippen LogP contribution in [0.5, 0.6) is 0 Å². The number of carboxylic acids is 1. The minimum Gasteiger partial charge on any atom is -0.478 e. The average Bonchev–Trinajstić information content (AvgIpc) is 2.85. The molecule has 1 N–H and O–H groups in total. The number of rotatable bonds is 3. The molecule has 0 fully saturated rings. The fourth-order valence-electron chi connectivity index (χ4n) is 2.24. The van der Waals surface area contributed by atoms with Crippen LogP contribution in [0.1, 0.15) is 16.2 Å². The van der Waals surface area contributed by atoms with E-state index in [1.807, 2.05) is 30.3 Å². The fourth-order valence-corrected chi connectivity index (χ4v) is 2.24. The molecule has 1 aromatic carbocycles. The van der Waals surface area contributed by atoms with Crippen LogP contribution in [0, 0.1) is 11.3 Å². The monoisotopic (exact) mass is 278 g/mol. The molecule has 0 aliphatic heterocycles. The number of hydrogen-bond donors (Lipinski definition) is 1. The van der Waals surface area contributed by atoms with Gasteiger partial charge in [-0.05, 0) is 24.3 Å². The molecule has 0 radical (unpaired) electrons. The average molecular weight is 278 g/mol. The first-order valence-corrected chi connectivity index (χ1v) is 6.24. The summed E-state index contributed by atoms with van der Waals surface area (Å²) in [5.41, 5.74) is 1.49. The SMILES string of the molecule is N#CCc1nc2ccccc2n1-c1ncccc1C(=O)O. The van der Waals surface area contributed by atoms with E-state index < -0.39 is 5.97 Å². The molecule has 0 spiro atoms. The maximum absolute atomic E-state index is 11.4. The number of nitriles is 1. The molecule has 2 aromatic heterocycles. The molecule has 0 bridgehead atoms. The Balaban J connectivity index is 2.37. The Hall–Kier alpha value is -3.20. The molecular formula is C15H10N4O2. The second-order valence-corrected chi connectivity index (χ2v) is 4.37. The molecule has 0 saturated heterocycles. The van der Waals surface area contributed by atoms with Crippen molar-refractivity contribution in [3.63, 3.8) is 0 Å². The lowest BCUT2D eigenvalue weighted by Gasteiger charge is -2.09. The standard InChI is InChI=1S/C15H10N4O2/c16-8-7-13-18-11-5-1-2-6-12(11)19(13)14-10(15(20)21)4-3-9-17-14/h1-6,9H,7H2,(H,20,21). The number of benzene rings is 1. The third-order valence-corrected chi connectivity index (χ3v) is 3.10. The van der Waals surface area contributed by atoms with Crippen LogP contribution in [0.2, 0.25) is 0 Å². The highest BCUT2D eigenvalue weighted by atomic mass is 16.4. The Kier molecular flexibility index (Phi) is 3.09. The maximum atomic E-state index is 11.4. The molecule has 0 saturated carbocycles. The zero-order valence-electron chi connectivity index (χ0n) is 10.9. The van der Waals surface area contributed by atoms with Crippen LogP contribution in [-0.4, -0.2) is 25.6 Å². The van der Waals surface area contributed by atoms with Gasteiger partial charge in [0.2, 0.25) is 0 Å². The van der Waals surface area contributed by atoms with Crippen LogP contribution in [-0.2, 0) is 6.42 Å². The Bertz CT molecular complexity index is 877. The van der Waals surface area contributed by atoms with E-state index in [1.54, 1.807) is 10.6 Å². The molecule has 0 atom stereocenters. The maximum Gasteiger partial charge on any atom is 0.339 e. The first-order valence-electron chi connectivity index (χ1n) is 6.24. The number of nitrogens with zero attached hydrogens (tertiary/aromatic N) is 4. The third-order valence-electron chi connectivity index (χ3n) is 3.10. The second kappa shape index (κ2) is 5.06. The predicted octanol–water partition coefficient (Wildman–Crippen LogP) is 2.18. The summed E-state index contributed by atoms with van der Waals surface area (Å²) < 4.78 is 1.63. The van der Waals surface area contributed by atoms with Crippen molar-refractivity contribution < 1.29 is 9.90 Å². The van der Waals surface area contributed by atoms with Gasteiger partial charge in [-0.3, -0.25) is 4.57 Å². The molecule has 0 unspecified atom stereocenters. The van der Waals surface area contributed by atoms with Crippen molar-refractivity contribution in [2.45, 2.75) is 6.42 Å². The first kappa shape index (κ1) is 12.8.